The standard InChI is InChI=1S/C16H12ClN3O2/c17-11-3-1-10(2-4-11)15-8-22-16(21)20(15)12-5-6-13-14(7-12)19-9-18-13/h1-7,9,15H,8H2,(H,18,19). The molecule has 1 aliphatic heterocycles. The Labute approximate surface area is 131 Å². The summed E-state index contributed by atoms with van der Waals surface area (Å²) in [6.45, 7) is 0.321. The van der Waals surface area contributed by atoms with Gasteiger partial charge in [0, 0.05) is 5.02 Å². The van der Waals surface area contributed by atoms with Crippen LogP contribution < -0.4 is 4.90 Å². The lowest BCUT2D eigenvalue weighted by Crippen LogP contribution is -2.27. The molecule has 22 heavy (non-hydrogen) atoms. The summed E-state index contributed by atoms with van der Waals surface area (Å²) in [4.78, 5) is 21.0. The van der Waals surface area contributed by atoms with Gasteiger partial charge in [-0.3, -0.25) is 4.90 Å². The number of halogens is 1. The van der Waals surface area contributed by atoms with Crippen LogP contribution in [0, 0.1) is 0 Å². The lowest BCUT2D eigenvalue weighted by Gasteiger charge is -2.21. The molecule has 4 rings (SSSR count). The smallest absolute Gasteiger partial charge is 0.415 e. The van der Waals surface area contributed by atoms with Crippen LogP contribution in [-0.4, -0.2) is 22.7 Å². The van der Waals surface area contributed by atoms with Gasteiger partial charge in [-0.05, 0) is 35.9 Å². The first-order valence-electron chi connectivity index (χ1n) is 6.87. The van der Waals surface area contributed by atoms with Crippen LogP contribution in [0.25, 0.3) is 11.0 Å². The van der Waals surface area contributed by atoms with E-state index in [4.69, 9.17) is 16.3 Å². The Morgan fingerprint density at radius 1 is 1.23 bits per heavy atom. The molecular formula is C16H12ClN3O2. The first-order valence-corrected chi connectivity index (χ1v) is 7.25. The molecule has 0 saturated carbocycles. The van der Waals surface area contributed by atoms with Crippen LogP contribution in [0.5, 0.6) is 0 Å². The Kier molecular flexibility index (Phi) is 3.01. The van der Waals surface area contributed by atoms with E-state index in [2.05, 4.69) is 9.97 Å². The summed E-state index contributed by atoms with van der Waals surface area (Å²) in [5.74, 6) is 0. The third-order valence-electron chi connectivity index (χ3n) is 3.81. The van der Waals surface area contributed by atoms with Crippen LogP contribution in [0.2, 0.25) is 5.02 Å². The topological polar surface area (TPSA) is 58.2 Å². The number of cyclic esters (lactones) is 1. The summed E-state index contributed by atoms with van der Waals surface area (Å²) in [5, 5.41) is 0.666. The quantitative estimate of drug-likeness (QED) is 0.780. The Hall–Kier alpha value is -2.53. The average Bonchev–Trinajstić information content (AvgIpc) is 3.13. The number of anilines is 1. The van der Waals surface area contributed by atoms with Crippen LogP contribution >= 0.6 is 11.6 Å². The van der Waals surface area contributed by atoms with Crippen molar-refractivity contribution in [2.45, 2.75) is 6.04 Å². The highest BCUT2D eigenvalue weighted by molar-refractivity contribution is 6.30. The fourth-order valence-corrected chi connectivity index (χ4v) is 2.84. The maximum atomic E-state index is 12.2. The van der Waals surface area contributed by atoms with Crippen molar-refractivity contribution in [1.29, 1.82) is 0 Å². The molecule has 1 N–H and O–H groups in total. The van der Waals surface area contributed by atoms with E-state index in [-0.39, 0.29) is 12.1 Å². The molecular weight excluding hydrogens is 302 g/mol. The molecule has 1 saturated heterocycles. The molecule has 1 amide bonds. The lowest BCUT2D eigenvalue weighted by molar-refractivity contribution is 0.179. The second kappa shape index (κ2) is 5.03. The molecule has 1 unspecified atom stereocenters. The predicted molar refractivity (Wildman–Crippen MR) is 84.1 cm³/mol. The maximum Gasteiger partial charge on any atom is 0.415 e. The zero-order valence-corrected chi connectivity index (χ0v) is 12.2. The van der Waals surface area contributed by atoms with Crippen LogP contribution in [0.1, 0.15) is 11.6 Å². The Morgan fingerprint density at radius 2 is 2.05 bits per heavy atom. The number of carbonyl (C=O) groups excluding carboxylic acids is 1. The molecule has 5 nitrogen and oxygen atoms in total. The predicted octanol–water partition coefficient (Wildman–Crippen LogP) is 3.91. The molecule has 1 fully saturated rings. The number of carbonyl (C=O) groups is 1. The van der Waals surface area contributed by atoms with Gasteiger partial charge < -0.3 is 9.72 Å². The highest BCUT2D eigenvalue weighted by atomic mass is 35.5. The van der Waals surface area contributed by atoms with E-state index >= 15 is 0 Å². The van der Waals surface area contributed by atoms with Gasteiger partial charge in [0.05, 0.1) is 29.1 Å². The van der Waals surface area contributed by atoms with Crippen LogP contribution in [0.4, 0.5) is 10.5 Å². The number of benzene rings is 2. The van der Waals surface area contributed by atoms with Crippen molar-refractivity contribution in [2.24, 2.45) is 0 Å². The van der Waals surface area contributed by atoms with Gasteiger partial charge in [0.15, 0.2) is 0 Å². The van der Waals surface area contributed by atoms with Gasteiger partial charge in [0.25, 0.3) is 0 Å². The van der Waals surface area contributed by atoms with Gasteiger partial charge in [-0.25, -0.2) is 9.78 Å². The van der Waals surface area contributed by atoms with Gasteiger partial charge >= 0.3 is 6.09 Å². The summed E-state index contributed by atoms with van der Waals surface area (Å²) in [5.41, 5.74) is 3.51. The van der Waals surface area contributed by atoms with E-state index < -0.39 is 0 Å². The third kappa shape index (κ3) is 2.10. The van der Waals surface area contributed by atoms with Crippen molar-refractivity contribution in [1.82, 2.24) is 9.97 Å². The summed E-state index contributed by atoms with van der Waals surface area (Å²) >= 11 is 5.93. The first-order chi connectivity index (χ1) is 10.7. The van der Waals surface area contributed by atoms with E-state index in [1.54, 1.807) is 11.2 Å². The monoisotopic (exact) mass is 313 g/mol. The van der Waals surface area contributed by atoms with Gasteiger partial charge in [0.1, 0.15) is 6.61 Å². The lowest BCUT2D eigenvalue weighted by atomic mass is 10.1. The molecule has 2 heterocycles. The average molecular weight is 314 g/mol. The summed E-state index contributed by atoms with van der Waals surface area (Å²) in [6, 6.07) is 13.0. The third-order valence-corrected chi connectivity index (χ3v) is 4.06. The minimum atomic E-state index is -0.348. The maximum absolute atomic E-state index is 12.2. The molecule has 0 aliphatic carbocycles. The highest BCUT2D eigenvalue weighted by Crippen LogP contribution is 2.34. The van der Waals surface area contributed by atoms with Crippen LogP contribution in [0.15, 0.2) is 48.8 Å². The minimum Gasteiger partial charge on any atom is -0.447 e. The van der Waals surface area contributed by atoms with Crippen molar-refractivity contribution in [3.8, 4) is 0 Å². The molecule has 0 radical (unpaired) electrons. The van der Waals surface area contributed by atoms with Gasteiger partial charge in [0.2, 0.25) is 0 Å². The normalized spacial score (nSPS) is 18.0. The number of ether oxygens (including phenoxy) is 1. The van der Waals surface area contributed by atoms with Crippen molar-refractivity contribution in [3.63, 3.8) is 0 Å². The number of fused-ring (bicyclic) bond motifs is 1. The molecule has 2 aromatic carbocycles. The van der Waals surface area contributed by atoms with Crippen LogP contribution in [-0.2, 0) is 4.74 Å². The molecule has 0 spiro atoms. The summed E-state index contributed by atoms with van der Waals surface area (Å²) < 4.78 is 5.24. The van der Waals surface area contributed by atoms with E-state index in [1.807, 2.05) is 42.5 Å². The Balaban J connectivity index is 1.76. The van der Waals surface area contributed by atoms with Crippen molar-refractivity contribution in [2.75, 3.05) is 11.5 Å². The Morgan fingerprint density at radius 3 is 2.86 bits per heavy atom. The number of hydrogen-bond donors (Lipinski definition) is 1. The first kappa shape index (κ1) is 13.2. The fraction of sp³-hybridized carbons (Fsp3) is 0.125. The van der Waals surface area contributed by atoms with E-state index in [1.165, 1.54) is 0 Å². The van der Waals surface area contributed by atoms with Crippen molar-refractivity contribution < 1.29 is 9.53 Å². The molecule has 1 aliphatic rings. The fourth-order valence-electron chi connectivity index (χ4n) is 2.71. The number of imidazole rings is 1. The second-order valence-corrected chi connectivity index (χ2v) is 5.55. The molecule has 110 valence electrons. The largest absolute Gasteiger partial charge is 0.447 e. The molecule has 6 heteroatoms. The number of nitrogens with one attached hydrogen (secondary N) is 1. The van der Waals surface area contributed by atoms with Gasteiger partial charge in [-0.1, -0.05) is 23.7 Å². The number of aromatic nitrogens is 2. The zero-order chi connectivity index (χ0) is 15.1. The number of rotatable bonds is 2. The Bertz CT molecular complexity index is 844. The number of aromatic amines is 1. The molecule has 1 aromatic heterocycles. The van der Waals surface area contributed by atoms with E-state index in [9.17, 15) is 4.79 Å². The molecule has 3 aromatic rings. The molecule has 0 bridgehead atoms. The van der Waals surface area contributed by atoms with E-state index in [0.29, 0.717) is 11.6 Å². The zero-order valence-electron chi connectivity index (χ0n) is 11.5. The van der Waals surface area contributed by atoms with E-state index in [0.717, 1.165) is 22.3 Å². The summed E-state index contributed by atoms with van der Waals surface area (Å²) in [6.07, 6.45) is 1.28. The van der Waals surface area contributed by atoms with Gasteiger partial charge in [-0.15, -0.1) is 0 Å². The summed E-state index contributed by atoms with van der Waals surface area (Å²) in [7, 11) is 0. The number of nitrogens with zero attached hydrogens (tertiary/aromatic N) is 2. The van der Waals surface area contributed by atoms with Crippen LogP contribution in [0.3, 0.4) is 0 Å². The second-order valence-electron chi connectivity index (χ2n) is 5.12. The molecule has 1 atom stereocenters. The minimum absolute atomic E-state index is 0.162. The SMILES string of the molecule is O=C1OCC(c2ccc(Cl)cc2)N1c1ccc2nc[nH]c2c1. The number of amides is 1. The van der Waals surface area contributed by atoms with Crippen molar-refractivity contribution in [3.05, 3.63) is 59.4 Å². The number of H-pyrrole nitrogens is 1. The van der Waals surface area contributed by atoms with Crippen molar-refractivity contribution >= 4 is 34.4 Å². The number of hydrogen-bond acceptors (Lipinski definition) is 3. The highest BCUT2D eigenvalue weighted by Gasteiger charge is 2.35. The van der Waals surface area contributed by atoms with Gasteiger partial charge in [-0.2, -0.15) is 0 Å².